The summed E-state index contributed by atoms with van der Waals surface area (Å²) in [5.41, 5.74) is 2.70. The number of nitrogens with zero attached hydrogens (tertiary/aromatic N) is 2. The van der Waals surface area contributed by atoms with Crippen LogP contribution in [0.1, 0.15) is 31.5 Å². The Morgan fingerprint density at radius 3 is 2.65 bits per heavy atom. The molecule has 7 nitrogen and oxygen atoms in total. The Kier molecular flexibility index (Phi) is 5.51. The normalized spacial score (nSPS) is 13.8. The molecule has 0 bridgehead atoms. The largest absolute Gasteiger partial charge is 0.497 e. The molecule has 2 aromatic rings. The van der Waals surface area contributed by atoms with Gasteiger partial charge in [-0.2, -0.15) is 16.9 Å². The van der Waals surface area contributed by atoms with E-state index < -0.39 is 11.8 Å². The summed E-state index contributed by atoms with van der Waals surface area (Å²) in [6.45, 7) is 3.81. The van der Waals surface area contributed by atoms with Crippen molar-refractivity contribution in [1.82, 2.24) is 15.1 Å². The highest BCUT2D eigenvalue weighted by Crippen LogP contribution is 2.36. The second-order valence-electron chi connectivity index (χ2n) is 6.11. The summed E-state index contributed by atoms with van der Waals surface area (Å²) in [7, 11) is 1.61. The molecule has 0 aliphatic carbocycles. The van der Waals surface area contributed by atoms with E-state index in [0.717, 1.165) is 40.6 Å². The number of carbonyl (C=O) groups excluding carboxylic acids is 2. The fourth-order valence-electron chi connectivity index (χ4n) is 2.61. The van der Waals surface area contributed by atoms with Crippen LogP contribution >= 0.6 is 11.8 Å². The molecule has 138 valence electrons. The highest BCUT2D eigenvalue weighted by molar-refractivity contribution is 7.98. The molecule has 26 heavy (non-hydrogen) atoms. The highest BCUT2D eigenvalue weighted by Gasteiger charge is 2.26. The molecule has 0 radical (unpaired) electrons. The summed E-state index contributed by atoms with van der Waals surface area (Å²) in [6, 6.07) is 7.34. The molecule has 2 heterocycles. The molecule has 2 amide bonds. The van der Waals surface area contributed by atoms with Gasteiger partial charge in [-0.1, -0.05) is 6.92 Å². The molecule has 1 aliphatic heterocycles. The van der Waals surface area contributed by atoms with Crippen molar-refractivity contribution in [2.45, 2.75) is 37.8 Å². The molecule has 1 aromatic heterocycles. The van der Waals surface area contributed by atoms with Crippen molar-refractivity contribution in [2.75, 3.05) is 12.4 Å². The number of nitrogens with one attached hydrogen (secondary N) is 2. The Balaban J connectivity index is 1.88. The number of amides is 2. The second-order valence-corrected chi connectivity index (χ2v) is 7.10. The quantitative estimate of drug-likeness (QED) is 0.786. The van der Waals surface area contributed by atoms with Crippen molar-refractivity contribution in [3.8, 4) is 11.4 Å². The zero-order valence-corrected chi connectivity index (χ0v) is 15.9. The lowest BCUT2D eigenvalue weighted by atomic mass is 10.2. The zero-order chi connectivity index (χ0) is 18.7. The Bertz CT molecular complexity index is 817. The van der Waals surface area contributed by atoms with Gasteiger partial charge in [0.1, 0.15) is 11.6 Å². The lowest BCUT2D eigenvalue weighted by Gasteiger charge is -2.13. The summed E-state index contributed by atoms with van der Waals surface area (Å²) >= 11 is 1.74. The van der Waals surface area contributed by atoms with Crippen LogP contribution < -0.4 is 15.4 Å². The molecule has 8 heteroatoms. The van der Waals surface area contributed by atoms with E-state index >= 15 is 0 Å². The lowest BCUT2D eigenvalue weighted by molar-refractivity contribution is -0.136. The average Bonchev–Trinajstić information content (AvgIpc) is 3.24. The van der Waals surface area contributed by atoms with E-state index in [-0.39, 0.29) is 6.04 Å². The molecule has 0 saturated carbocycles. The molecule has 2 N–H and O–H groups in total. The van der Waals surface area contributed by atoms with Gasteiger partial charge in [-0.05, 0) is 37.6 Å². The molecule has 3 rings (SSSR count). The van der Waals surface area contributed by atoms with Crippen LogP contribution in [0.4, 0.5) is 5.82 Å². The number of anilines is 1. The first-order valence-corrected chi connectivity index (χ1v) is 9.63. The Labute approximate surface area is 156 Å². The number of fused-ring (bicyclic) bond motifs is 1. The minimum absolute atomic E-state index is 0.0546. The van der Waals surface area contributed by atoms with Crippen molar-refractivity contribution in [3.63, 3.8) is 0 Å². The van der Waals surface area contributed by atoms with E-state index in [2.05, 4.69) is 15.7 Å². The summed E-state index contributed by atoms with van der Waals surface area (Å²) < 4.78 is 6.86. The van der Waals surface area contributed by atoms with Gasteiger partial charge in [-0.25, -0.2) is 4.68 Å². The standard InChI is InChI=1S/C18H22N4O3S/c1-4-11(2)19-17(23)18(24)20-16-14-9-26-10-15(14)21-22(16)12-5-7-13(25-3)8-6-12/h5-8,11H,4,9-10H2,1-3H3,(H,19,23)(H,20,24)/t11-/m1/s1. The van der Waals surface area contributed by atoms with E-state index in [1.807, 2.05) is 38.1 Å². The Morgan fingerprint density at radius 1 is 1.27 bits per heavy atom. The van der Waals surface area contributed by atoms with Crippen molar-refractivity contribution < 1.29 is 14.3 Å². The Hall–Kier alpha value is -2.48. The first kappa shape index (κ1) is 18.3. The number of aromatic nitrogens is 2. The van der Waals surface area contributed by atoms with Gasteiger partial charge in [0.25, 0.3) is 0 Å². The maximum Gasteiger partial charge on any atom is 0.314 e. The van der Waals surface area contributed by atoms with Gasteiger partial charge in [0.15, 0.2) is 0 Å². The molecular weight excluding hydrogens is 352 g/mol. The van der Waals surface area contributed by atoms with E-state index in [1.165, 1.54) is 0 Å². The molecule has 1 aromatic carbocycles. The van der Waals surface area contributed by atoms with Crippen molar-refractivity contribution in [3.05, 3.63) is 35.5 Å². The molecule has 0 fully saturated rings. The summed E-state index contributed by atoms with van der Waals surface area (Å²) in [4.78, 5) is 24.5. The fourth-order valence-corrected chi connectivity index (χ4v) is 3.64. The van der Waals surface area contributed by atoms with Gasteiger partial charge in [0.2, 0.25) is 0 Å². The number of thioether (sulfide) groups is 1. The van der Waals surface area contributed by atoms with Crippen LogP contribution in [0.15, 0.2) is 24.3 Å². The fraction of sp³-hybridized carbons (Fsp3) is 0.389. The van der Waals surface area contributed by atoms with Crippen LogP contribution in [-0.2, 0) is 21.1 Å². The molecule has 0 saturated heterocycles. The summed E-state index contributed by atoms with van der Waals surface area (Å²) in [6.07, 6.45) is 0.759. The Morgan fingerprint density at radius 2 is 2.00 bits per heavy atom. The highest BCUT2D eigenvalue weighted by atomic mass is 32.2. The first-order chi connectivity index (χ1) is 12.5. The summed E-state index contributed by atoms with van der Waals surface area (Å²) in [5, 5.41) is 10.0. The topological polar surface area (TPSA) is 85.3 Å². The molecule has 0 unspecified atom stereocenters. The first-order valence-electron chi connectivity index (χ1n) is 8.48. The third kappa shape index (κ3) is 3.70. The van der Waals surface area contributed by atoms with Gasteiger partial charge in [0, 0.05) is 23.1 Å². The van der Waals surface area contributed by atoms with Gasteiger partial charge in [-0.3, -0.25) is 9.59 Å². The maximum absolute atomic E-state index is 12.4. The number of hydrogen-bond donors (Lipinski definition) is 2. The van der Waals surface area contributed by atoms with Crippen LogP contribution in [0.3, 0.4) is 0 Å². The molecule has 0 spiro atoms. The minimum Gasteiger partial charge on any atom is -0.497 e. The molecule has 1 aliphatic rings. The van der Waals surface area contributed by atoms with E-state index in [9.17, 15) is 9.59 Å². The third-order valence-corrected chi connectivity index (χ3v) is 5.27. The van der Waals surface area contributed by atoms with Crippen molar-refractivity contribution in [1.29, 1.82) is 0 Å². The molecular formula is C18H22N4O3S. The van der Waals surface area contributed by atoms with E-state index in [4.69, 9.17) is 4.74 Å². The smallest absolute Gasteiger partial charge is 0.314 e. The number of ether oxygens (including phenoxy) is 1. The van der Waals surface area contributed by atoms with Crippen LogP contribution in [0.25, 0.3) is 5.69 Å². The van der Waals surface area contributed by atoms with Crippen molar-refractivity contribution >= 4 is 29.4 Å². The van der Waals surface area contributed by atoms with Crippen molar-refractivity contribution in [2.24, 2.45) is 0 Å². The second kappa shape index (κ2) is 7.82. The zero-order valence-electron chi connectivity index (χ0n) is 15.0. The monoisotopic (exact) mass is 374 g/mol. The number of carbonyl (C=O) groups is 2. The third-order valence-electron chi connectivity index (χ3n) is 4.30. The molecule has 1 atom stereocenters. The van der Waals surface area contributed by atoms with Crippen LogP contribution in [-0.4, -0.2) is 34.7 Å². The van der Waals surface area contributed by atoms with Gasteiger partial charge < -0.3 is 15.4 Å². The maximum atomic E-state index is 12.4. The van der Waals surface area contributed by atoms with Gasteiger partial charge in [0.05, 0.1) is 18.5 Å². The SMILES string of the molecule is CC[C@@H](C)NC(=O)C(=O)Nc1c2c(nn1-c1ccc(OC)cc1)CSC2. The average molecular weight is 374 g/mol. The number of benzene rings is 1. The number of methoxy groups -OCH3 is 1. The predicted octanol–water partition coefficient (Wildman–Crippen LogP) is 2.48. The predicted molar refractivity (Wildman–Crippen MR) is 102 cm³/mol. The van der Waals surface area contributed by atoms with Crippen LogP contribution in [0, 0.1) is 0 Å². The van der Waals surface area contributed by atoms with E-state index in [1.54, 1.807) is 23.6 Å². The van der Waals surface area contributed by atoms with Gasteiger partial charge in [-0.15, -0.1) is 0 Å². The number of rotatable bonds is 5. The van der Waals surface area contributed by atoms with Crippen LogP contribution in [0.2, 0.25) is 0 Å². The number of hydrogen-bond acceptors (Lipinski definition) is 5. The van der Waals surface area contributed by atoms with E-state index in [0.29, 0.717) is 5.82 Å². The minimum atomic E-state index is -0.681. The summed E-state index contributed by atoms with van der Waals surface area (Å²) in [5.74, 6) is 1.52. The van der Waals surface area contributed by atoms with Crippen LogP contribution in [0.5, 0.6) is 5.75 Å². The lowest BCUT2D eigenvalue weighted by Crippen LogP contribution is -2.40. The van der Waals surface area contributed by atoms with Gasteiger partial charge >= 0.3 is 11.8 Å².